The van der Waals surface area contributed by atoms with Crippen LogP contribution in [0.25, 0.3) is 6.08 Å². The van der Waals surface area contributed by atoms with E-state index >= 15 is 0 Å². The lowest BCUT2D eigenvalue weighted by Gasteiger charge is -2.33. The molecule has 0 saturated heterocycles. The fourth-order valence-corrected chi connectivity index (χ4v) is 2.23. The predicted octanol–water partition coefficient (Wildman–Crippen LogP) is 4.13. The van der Waals surface area contributed by atoms with Crippen LogP contribution in [0.5, 0.6) is 5.75 Å². The van der Waals surface area contributed by atoms with E-state index in [-0.39, 0.29) is 18.0 Å². The number of hydrogen-bond acceptors (Lipinski definition) is 2. The molecule has 0 bridgehead atoms. The summed E-state index contributed by atoms with van der Waals surface area (Å²) in [6.07, 6.45) is 5.46. The van der Waals surface area contributed by atoms with Crippen molar-refractivity contribution in [1.29, 1.82) is 0 Å². The highest BCUT2D eigenvalue weighted by molar-refractivity contribution is 5.92. The molecule has 1 aromatic rings. The molecule has 3 nitrogen and oxygen atoms in total. The van der Waals surface area contributed by atoms with Crippen LogP contribution in [0.2, 0.25) is 0 Å². The molecule has 3 heteroatoms. The molecule has 0 N–H and O–H groups in total. The molecule has 0 aliphatic rings. The van der Waals surface area contributed by atoms with Crippen LogP contribution in [0.3, 0.4) is 0 Å². The molecule has 0 aliphatic heterocycles. The summed E-state index contributed by atoms with van der Waals surface area (Å²) in [5.74, 6) is 0.897. The lowest BCUT2D eigenvalue weighted by molar-refractivity contribution is -0.130. The predicted molar refractivity (Wildman–Crippen MR) is 88.4 cm³/mol. The molecular formula is C18H27NO2. The Morgan fingerprint density at radius 2 is 1.67 bits per heavy atom. The molecule has 1 rings (SSSR count). The first kappa shape index (κ1) is 17.3. The van der Waals surface area contributed by atoms with Crippen molar-refractivity contribution < 1.29 is 9.53 Å². The van der Waals surface area contributed by atoms with Crippen LogP contribution in [0.1, 0.15) is 46.1 Å². The van der Waals surface area contributed by atoms with Gasteiger partial charge in [-0.1, -0.05) is 26.0 Å². The first-order valence-electron chi connectivity index (χ1n) is 7.67. The van der Waals surface area contributed by atoms with Crippen molar-refractivity contribution in [2.45, 2.75) is 52.6 Å². The van der Waals surface area contributed by atoms with Gasteiger partial charge in [-0.3, -0.25) is 4.79 Å². The largest absolute Gasteiger partial charge is 0.497 e. The minimum atomic E-state index is 0.0783. The Labute approximate surface area is 128 Å². The van der Waals surface area contributed by atoms with E-state index in [2.05, 4.69) is 27.7 Å². The molecule has 116 valence electrons. The summed E-state index contributed by atoms with van der Waals surface area (Å²) in [6.45, 7) is 8.43. The summed E-state index contributed by atoms with van der Waals surface area (Å²) in [5, 5.41) is 0. The lowest BCUT2D eigenvalue weighted by atomic mass is 10.1. The van der Waals surface area contributed by atoms with E-state index in [0.717, 1.165) is 24.2 Å². The molecule has 0 radical (unpaired) electrons. The molecule has 1 amide bonds. The van der Waals surface area contributed by atoms with Gasteiger partial charge in [-0.15, -0.1) is 0 Å². The zero-order chi connectivity index (χ0) is 15.8. The second kappa shape index (κ2) is 8.50. The second-order valence-electron chi connectivity index (χ2n) is 5.37. The molecule has 0 saturated carbocycles. The quantitative estimate of drug-likeness (QED) is 0.706. The summed E-state index contributed by atoms with van der Waals surface area (Å²) in [6, 6.07) is 8.19. The molecule has 21 heavy (non-hydrogen) atoms. The van der Waals surface area contributed by atoms with Gasteiger partial charge in [0.15, 0.2) is 0 Å². The van der Waals surface area contributed by atoms with Crippen LogP contribution in [-0.2, 0) is 4.79 Å². The van der Waals surface area contributed by atoms with Gasteiger partial charge in [0.1, 0.15) is 5.75 Å². The summed E-state index contributed by atoms with van der Waals surface area (Å²) >= 11 is 0. The van der Waals surface area contributed by atoms with Crippen LogP contribution in [-0.4, -0.2) is 30.0 Å². The number of carbonyl (C=O) groups excluding carboxylic acids is 1. The Hall–Kier alpha value is -1.77. The number of nitrogens with zero attached hydrogens (tertiary/aromatic N) is 1. The molecule has 0 spiro atoms. The Kier molecular flexibility index (Phi) is 7.00. The van der Waals surface area contributed by atoms with Gasteiger partial charge in [0.25, 0.3) is 0 Å². The minimum Gasteiger partial charge on any atom is -0.497 e. The lowest BCUT2D eigenvalue weighted by Crippen LogP contribution is -2.43. The Balaban J connectivity index is 2.81. The maximum Gasteiger partial charge on any atom is 0.247 e. The van der Waals surface area contributed by atoms with Crippen LogP contribution in [0, 0.1) is 0 Å². The average molecular weight is 289 g/mol. The zero-order valence-electron chi connectivity index (χ0n) is 13.8. The van der Waals surface area contributed by atoms with E-state index in [4.69, 9.17) is 4.74 Å². The smallest absolute Gasteiger partial charge is 0.247 e. The maximum absolute atomic E-state index is 12.5. The van der Waals surface area contributed by atoms with Crippen molar-refractivity contribution in [3.8, 4) is 5.75 Å². The van der Waals surface area contributed by atoms with E-state index in [1.807, 2.05) is 35.2 Å². The molecule has 0 aliphatic carbocycles. The molecule has 1 aromatic carbocycles. The van der Waals surface area contributed by atoms with Gasteiger partial charge in [-0.25, -0.2) is 0 Å². The molecule has 0 aromatic heterocycles. The van der Waals surface area contributed by atoms with Gasteiger partial charge in [0, 0.05) is 18.2 Å². The Morgan fingerprint density at radius 3 is 2.10 bits per heavy atom. The maximum atomic E-state index is 12.5. The van der Waals surface area contributed by atoms with Crippen molar-refractivity contribution >= 4 is 12.0 Å². The van der Waals surface area contributed by atoms with Crippen molar-refractivity contribution in [2.75, 3.05) is 7.11 Å². The first-order valence-corrected chi connectivity index (χ1v) is 7.67. The zero-order valence-corrected chi connectivity index (χ0v) is 13.8. The second-order valence-corrected chi connectivity index (χ2v) is 5.37. The highest BCUT2D eigenvalue weighted by atomic mass is 16.5. The molecular weight excluding hydrogens is 262 g/mol. The molecule has 2 atom stereocenters. The SMILES string of the molecule is CCC(C)N(C(=O)C=Cc1ccc(OC)cc1)C(C)CC. The number of benzene rings is 1. The van der Waals surface area contributed by atoms with Crippen LogP contribution in [0.15, 0.2) is 30.3 Å². The average Bonchev–Trinajstić information content (AvgIpc) is 2.53. The van der Waals surface area contributed by atoms with Gasteiger partial charge in [0.05, 0.1) is 7.11 Å². The Bertz CT molecular complexity index is 455. The number of carbonyl (C=O) groups is 1. The minimum absolute atomic E-state index is 0.0783. The monoisotopic (exact) mass is 289 g/mol. The standard InChI is InChI=1S/C18H27NO2/c1-6-14(3)19(15(4)7-2)18(20)13-10-16-8-11-17(21-5)12-9-16/h8-15H,6-7H2,1-5H3. The number of amides is 1. The number of rotatable bonds is 7. The summed E-state index contributed by atoms with van der Waals surface area (Å²) < 4.78 is 5.13. The normalized spacial score (nSPS) is 14.0. The third-order valence-electron chi connectivity index (χ3n) is 3.92. The van der Waals surface area contributed by atoms with Crippen LogP contribution in [0.4, 0.5) is 0 Å². The van der Waals surface area contributed by atoms with Crippen molar-refractivity contribution in [3.63, 3.8) is 0 Å². The molecule has 2 unspecified atom stereocenters. The number of methoxy groups -OCH3 is 1. The van der Waals surface area contributed by atoms with Gasteiger partial charge >= 0.3 is 0 Å². The summed E-state index contributed by atoms with van der Waals surface area (Å²) in [7, 11) is 1.64. The highest BCUT2D eigenvalue weighted by Gasteiger charge is 2.21. The molecule has 0 fully saturated rings. The van der Waals surface area contributed by atoms with E-state index < -0.39 is 0 Å². The first-order chi connectivity index (χ1) is 10.0. The third kappa shape index (κ3) is 4.92. The fourth-order valence-electron chi connectivity index (χ4n) is 2.23. The van der Waals surface area contributed by atoms with Crippen molar-refractivity contribution in [2.24, 2.45) is 0 Å². The van der Waals surface area contributed by atoms with E-state index in [1.165, 1.54) is 0 Å². The van der Waals surface area contributed by atoms with Gasteiger partial charge in [-0.05, 0) is 50.5 Å². The third-order valence-corrected chi connectivity index (χ3v) is 3.92. The number of hydrogen-bond donors (Lipinski definition) is 0. The van der Waals surface area contributed by atoms with Crippen LogP contribution >= 0.6 is 0 Å². The Morgan fingerprint density at radius 1 is 1.14 bits per heavy atom. The topological polar surface area (TPSA) is 29.5 Å². The van der Waals surface area contributed by atoms with Gasteiger partial charge in [-0.2, -0.15) is 0 Å². The van der Waals surface area contributed by atoms with Crippen molar-refractivity contribution in [3.05, 3.63) is 35.9 Å². The van der Waals surface area contributed by atoms with Crippen molar-refractivity contribution in [1.82, 2.24) is 4.90 Å². The van der Waals surface area contributed by atoms with Gasteiger partial charge < -0.3 is 9.64 Å². The summed E-state index contributed by atoms with van der Waals surface area (Å²) in [5.41, 5.74) is 0.998. The highest BCUT2D eigenvalue weighted by Crippen LogP contribution is 2.15. The fraction of sp³-hybridized carbons (Fsp3) is 0.500. The van der Waals surface area contributed by atoms with E-state index in [1.54, 1.807) is 13.2 Å². The van der Waals surface area contributed by atoms with Crippen LogP contribution < -0.4 is 4.74 Å². The number of ether oxygens (including phenoxy) is 1. The molecule has 0 heterocycles. The van der Waals surface area contributed by atoms with E-state index in [9.17, 15) is 4.79 Å². The summed E-state index contributed by atoms with van der Waals surface area (Å²) in [4.78, 5) is 14.4. The van der Waals surface area contributed by atoms with E-state index in [0.29, 0.717) is 0 Å². The van der Waals surface area contributed by atoms with Gasteiger partial charge in [0.2, 0.25) is 5.91 Å².